The van der Waals surface area contributed by atoms with Crippen molar-refractivity contribution in [1.29, 1.82) is 0 Å². The zero-order chi connectivity index (χ0) is 19.3. The lowest BCUT2D eigenvalue weighted by atomic mass is 10.2. The highest BCUT2D eigenvalue weighted by Crippen LogP contribution is 2.16. The van der Waals surface area contributed by atoms with Crippen molar-refractivity contribution in [1.82, 2.24) is 25.1 Å². The summed E-state index contributed by atoms with van der Waals surface area (Å²) in [4.78, 5) is 37.2. The number of H-pyrrole nitrogens is 1. The number of thioether (sulfide) groups is 1. The number of likely N-dealkylation sites (N-methyl/N-ethyl adjacent to an activating group) is 1. The van der Waals surface area contributed by atoms with E-state index in [9.17, 15) is 9.59 Å². The number of carbonyl (C=O) groups is 1. The number of aromatic amines is 1. The minimum Gasteiger partial charge on any atom is -0.348 e. The Kier molecular flexibility index (Phi) is 7.33. The Morgan fingerprint density at radius 3 is 2.88 bits per heavy atom. The Balaban J connectivity index is 1.92. The van der Waals surface area contributed by atoms with Crippen LogP contribution in [0.15, 0.2) is 10.9 Å². The molecular formula is C17H30N6O2S. The summed E-state index contributed by atoms with van der Waals surface area (Å²) in [6.45, 7) is 4.04. The predicted molar refractivity (Wildman–Crippen MR) is 107 cm³/mol. The molecule has 1 aromatic heterocycles. The molecule has 2 amide bonds. The summed E-state index contributed by atoms with van der Waals surface area (Å²) < 4.78 is 0. The van der Waals surface area contributed by atoms with E-state index in [1.165, 1.54) is 6.07 Å². The van der Waals surface area contributed by atoms with E-state index >= 15 is 0 Å². The highest BCUT2D eigenvalue weighted by molar-refractivity contribution is 7.98. The second kappa shape index (κ2) is 9.27. The minimum atomic E-state index is -0.151. The van der Waals surface area contributed by atoms with Gasteiger partial charge in [0.25, 0.3) is 5.56 Å². The third-order valence-electron chi connectivity index (χ3n) is 4.48. The fraction of sp³-hybridized carbons (Fsp3) is 0.706. The second-order valence-corrected chi connectivity index (χ2v) is 7.97. The van der Waals surface area contributed by atoms with Gasteiger partial charge in [-0.2, -0.15) is 11.8 Å². The summed E-state index contributed by atoms with van der Waals surface area (Å²) in [6.07, 6.45) is 2.96. The van der Waals surface area contributed by atoms with Crippen LogP contribution in [0.3, 0.4) is 0 Å². The Bertz CT molecular complexity index is 665. The number of amides is 2. The van der Waals surface area contributed by atoms with Gasteiger partial charge < -0.3 is 15.1 Å². The Hall–Kier alpha value is -1.74. The first kappa shape index (κ1) is 20.6. The predicted octanol–water partition coefficient (Wildman–Crippen LogP) is 0.803. The normalized spacial score (nSPS) is 18.2. The molecule has 146 valence electrons. The maximum atomic E-state index is 12.3. The van der Waals surface area contributed by atoms with E-state index in [0.29, 0.717) is 19.0 Å². The molecule has 8 nitrogen and oxygen atoms in total. The first-order valence-corrected chi connectivity index (χ1v) is 10.2. The van der Waals surface area contributed by atoms with Crippen molar-refractivity contribution in [3.63, 3.8) is 0 Å². The van der Waals surface area contributed by atoms with Crippen LogP contribution in [0.2, 0.25) is 0 Å². The Labute approximate surface area is 159 Å². The molecule has 0 aromatic carbocycles. The topological polar surface area (TPSA) is 84.6 Å². The average molecular weight is 383 g/mol. The number of nitrogens with one attached hydrogen (secondary N) is 2. The van der Waals surface area contributed by atoms with Gasteiger partial charge in [0, 0.05) is 57.6 Å². The van der Waals surface area contributed by atoms with Crippen LogP contribution in [0.5, 0.6) is 0 Å². The number of aromatic nitrogens is 2. The van der Waals surface area contributed by atoms with Crippen LogP contribution in [0.25, 0.3) is 0 Å². The molecule has 1 saturated heterocycles. The van der Waals surface area contributed by atoms with Crippen molar-refractivity contribution in [2.75, 3.05) is 51.1 Å². The van der Waals surface area contributed by atoms with Gasteiger partial charge in [-0.3, -0.25) is 14.7 Å². The van der Waals surface area contributed by atoms with Crippen molar-refractivity contribution in [2.24, 2.45) is 0 Å². The van der Waals surface area contributed by atoms with Gasteiger partial charge in [0.05, 0.1) is 5.69 Å². The SMILES string of the molecule is CSCC(C)NC(=O)N1CCC(N(C)Cc2cc(=O)[nH]c(N(C)C)n2)C1. The van der Waals surface area contributed by atoms with Gasteiger partial charge in [-0.1, -0.05) is 0 Å². The molecule has 2 N–H and O–H groups in total. The maximum Gasteiger partial charge on any atom is 0.317 e. The third kappa shape index (κ3) is 5.63. The molecular weight excluding hydrogens is 352 g/mol. The third-order valence-corrected chi connectivity index (χ3v) is 5.31. The Morgan fingerprint density at radius 2 is 2.23 bits per heavy atom. The number of hydrogen-bond acceptors (Lipinski definition) is 6. The molecule has 26 heavy (non-hydrogen) atoms. The lowest BCUT2D eigenvalue weighted by Crippen LogP contribution is -2.45. The van der Waals surface area contributed by atoms with Gasteiger partial charge in [-0.25, -0.2) is 9.78 Å². The highest BCUT2D eigenvalue weighted by atomic mass is 32.2. The van der Waals surface area contributed by atoms with E-state index < -0.39 is 0 Å². The molecule has 1 aliphatic heterocycles. The van der Waals surface area contributed by atoms with Crippen molar-refractivity contribution in [2.45, 2.75) is 32.0 Å². The maximum absolute atomic E-state index is 12.3. The van der Waals surface area contributed by atoms with Crippen LogP contribution in [0, 0.1) is 0 Å². The van der Waals surface area contributed by atoms with E-state index in [0.717, 1.165) is 24.4 Å². The number of carbonyl (C=O) groups excluding carboxylic acids is 1. The van der Waals surface area contributed by atoms with E-state index in [4.69, 9.17) is 0 Å². The van der Waals surface area contributed by atoms with Crippen LogP contribution >= 0.6 is 11.8 Å². The zero-order valence-corrected chi connectivity index (χ0v) is 17.1. The molecule has 1 aliphatic rings. The molecule has 0 saturated carbocycles. The number of hydrogen-bond donors (Lipinski definition) is 2. The fourth-order valence-electron chi connectivity index (χ4n) is 3.05. The number of rotatable bonds is 7. The van der Waals surface area contributed by atoms with Crippen molar-refractivity contribution in [3.05, 3.63) is 22.1 Å². The van der Waals surface area contributed by atoms with Crippen molar-refractivity contribution in [3.8, 4) is 0 Å². The first-order valence-electron chi connectivity index (χ1n) is 8.82. The standard InChI is InChI=1S/C17H30N6O2S/c1-12(11-26-5)18-17(25)23-7-6-14(10-23)22(4)9-13-8-15(24)20-16(19-13)21(2)3/h8,12,14H,6-7,9-11H2,1-5H3,(H,18,25)(H,19,20,24). The fourth-order valence-corrected chi connectivity index (χ4v) is 3.63. The van der Waals surface area contributed by atoms with Crippen LogP contribution in [0.4, 0.5) is 10.7 Å². The number of urea groups is 1. The van der Waals surface area contributed by atoms with E-state index in [1.54, 1.807) is 16.7 Å². The van der Waals surface area contributed by atoms with Crippen LogP contribution in [-0.4, -0.2) is 84.1 Å². The van der Waals surface area contributed by atoms with Crippen molar-refractivity contribution < 1.29 is 4.79 Å². The number of anilines is 1. The largest absolute Gasteiger partial charge is 0.348 e. The van der Waals surface area contributed by atoms with Crippen LogP contribution in [0.1, 0.15) is 19.0 Å². The molecule has 9 heteroatoms. The number of likely N-dealkylation sites (tertiary alicyclic amines) is 1. The molecule has 2 heterocycles. The lowest BCUT2D eigenvalue weighted by molar-refractivity contribution is 0.194. The lowest BCUT2D eigenvalue weighted by Gasteiger charge is -2.25. The summed E-state index contributed by atoms with van der Waals surface area (Å²) in [6, 6.07) is 1.97. The molecule has 2 unspecified atom stereocenters. The van der Waals surface area contributed by atoms with Crippen LogP contribution in [-0.2, 0) is 6.54 Å². The first-order chi connectivity index (χ1) is 12.3. The molecule has 1 aromatic rings. The monoisotopic (exact) mass is 382 g/mol. The smallest absolute Gasteiger partial charge is 0.317 e. The van der Waals surface area contributed by atoms with Gasteiger partial charge in [0.15, 0.2) is 0 Å². The summed E-state index contributed by atoms with van der Waals surface area (Å²) in [5, 5.41) is 3.04. The van der Waals surface area contributed by atoms with E-state index in [2.05, 4.69) is 20.2 Å². The highest BCUT2D eigenvalue weighted by Gasteiger charge is 2.29. The molecule has 0 radical (unpaired) electrons. The average Bonchev–Trinajstić information content (AvgIpc) is 3.04. The molecule has 0 aliphatic carbocycles. The molecule has 1 fully saturated rings. The van der Waals surface area contributed by atoms with Crippen molar-refractivity contribution >= 4 is 23.7 Å². The molecule has 0 bridgehead atoms. The summed E-state index contributed by atoms with van der Waals surface area (Å²) in [7, 11) is 5.70. The summed E-state index contributed by atoms with van der Waals surface area (Å²) in [5.41, 5.74) is 0.582. The van der Waals surface area contributed by atoms with Gasteiger partial charge in [0.1, 0.15) is 0 Å². The van der Waals surface area contributed by atoms with Crippen LogP contribution < -0.4 is 15.8 Å². The summed E-state index contributed by atoms with van der Waals surface area (Å²) in [5.74, 6) is 1.46. The van der Waals surface area contributed by atoms with Gasteiger partial charge in [0.2, 0.25) is 5.95 Å². The number of nitrogens with zero attached hydrogens (tertiary/aromatic N) is 4. The molecule has 2 atom stereocenters. The Morgan fingerprint density at radius 1 is 1.50 bits per heavy atom. The second-order valence-electron chi connectivity index (χ2n) is 7.06. The van der Waals surface area contributed by atoms with Gasteiger partial charge >= 0.3 is 6.03 Å². The molecule has 2 rings (SSSR count). The molecule has 0 spiro atoms. The van der Waals surface area contributed by atoms with E-state index in [1.807, 2.05) is 39.2 Å². The minimum absolute atomic E-state index is 0.00613. The van der Waals surface area contributed by atoms with Gasteiger partial charge in [-0.15, -0.1) is 0 Å². The van der Waals surface area contributed by atoms with E-state index in [-0.39, 0.29) is 23.7 Å². The quantitative estimate of drug-likeness (QED) is 0.726. The van der Waals surface area contributed by atoms with Gasteiger partial charge in [-0.05, 0) is 26.6 Å². The summed E-state index contributed by atoms with van der Waals surface area (Å²) >= 11 is 1.73. The zero-order valence-electron chi connectivity index (χ0n) is 16.3.